The minimum atomic E-state index is -0.529. The van der Waals surface area contributed by atoms with Gasteiger partial charge >= 0.3 is 6.03 Å². The molecule has 138 valence electrons. The van der Waals surface area contributed by atoms with Crippen LogP contribution >= 0.6 is 0 Å². The minimum absolute atomic E-state index is 0.144. The molecule has 8 nitrogen and oxygen atoms in total. The van der Waals surface area contributed by atoms with E-state index < -0.39 is 11.0 Å². The number of carbonyl (C=O) groups is 1. The number of likely N-dealkylation sites (N-methyl/N-ethyl adjacent to an activating group) is 1. The molecule has 0 aromatic heterocycles. The smallest absolute Gasteiger partial charge is 0.321 e. The molecule has 0 aliphatic carbocycles. The summed E-state index contributed by atoms with van der Waals surface area (Å²) >= 11 is 0. The lowest BCUT2D eigenvalue weighted by Gasteiger charge is -2.18. The Morgan fingerprint density at radius 2 is 1.85 bits per heavy atom. The number of para-hydroxylation sites is 2. The predicted molar refractivity (Wildman–Crippen MR) is 98.0 cm³/mol. The molecule has 0 saturated heterocycles. The topological polar surface area (TPSA) is 93.9 Å². The fraction of sp³-hybridized carbons (Fsp3) is 0.278. The van der Waals surface area contributed by atoms with Gasteiger partial charge < -0.3 is 19.7 Å². The number of nitrogens with zero attached hydrogens (tertiary/aromatic N) is 2. The molecule has 0 aliphatic heterocycles. The Bertz CT molecular complexity index is 794. The second-order valence-electron chi connectivity index (χ2n) is 5.57. The highest BCUT2D eigenvalue weighted by molar-refractivity contribution is 5.91. The molecule has 2 amide bonds. The average molecular weight is 359 g/mol. The maximum absolute atomic E-state index is 12.3. The van der Waals surface area contributed by atoms with Crippen molar-refractivity contribution in [2.24, 2.45) is 0 Å². The zero-order valence-electron chi connectivity index (χ0n) is 14.9. The van der Waals surface area contributed by atoms with Gasteiger partial charge in [-0.05, 0) is 30.2 Å². The Balaban J connectivity index is 1.99. The second kappa shape index (κ2) is 8.70. The van der Waals surface area contributed by atoms with Crippen LogP contribution in [0.5, 0.6) is 11.5 Å². The lowest BCUT2D eigenvalue weighted by molar-refractivity contribution is -0.383. The van der Waals surface area contributed by atoms with Crippen LogP contribution in [0.15, 0.2) is 42.5 Å². The quantitative estimate of drug-likeness (QED) is 0.604. The van der Waals surface area contributed by atoms with Crippen molar-refractivity contribution in [1.82, 2.24) is 4.90 Å². The summed E-state index contributed by atoms with van der Waals surface area (Å²) in [6, 6.07) is 11.2. The van der Waals surface area contributed by atoms with Crippen molar-refractivity contribution in [2.75, 3.05) is 33.1 Å². The average Bonchev–Trinajstić information content (AvgIpc) is 2.65. The number of nitro benzene ring substituents is 1. The molecule has 0 bridgehead atoms. The van der Waals surface area contributed by atoms with Gasteiger partial charge in [0.1, 0.15) is 5.69 Å². The van der Waals surface area contributed by atoms with Gasteiger partial charge in [0.2, 0.25) is 0 Å². The fourth-order valence-corrected chi connectivity index (χ4v) is 2.38. The lowest BCUT2D eigenvalue weighted by atomic mass is 10.1. The summed E-state index contributed by atoms with van der Waals surface area (Å²) < 4.78 is 10.5. The van der Waals surface area contributed by atoms with E-state index >= 15 is 0 Å². The molecule has 0 aliphatic rings. The van der Waals surface area contributed by atoms with Crippen molar-refractivity contribution >= 4 is 17.4 Å². The molecule has 0 heterocycles. The van der Waals surface area contributed by atoms with Crippen LogP contribution in [0.3, 0.4) is 0 Å². The van der Waals surface area contributed by atoms with Crippen LogP contribution in [0.1, 0.15) is 5.56 Å². The molecule has 2 rings (SSSR count). The summed E-state index contributed by atoms with van der Waals surface area (Å²) in [5.74, 6) is 1.26. The van der Waals surface area contributed by atoms with E-state index in [-0.39, 0.29) is 11.4 Å². The number of amides is 2. The number of methoxy groups -OCH3 is 2. The summed E-state index contributed by atoms with van der Waals surface area (Å²) in [7, 11) is 4.76. The Morgan fingerprint density at radius 3 is 2.50 bits per heavy atom. The van der Waals surface area contributed by atoms with Crippen LogP contribution in [0.2, 0.25) is 0 Å². The zero-order chi connectivity index (χ0) is 19.1. The van der Waals surface area contributed by atoms with Gasteiger partial charge in [-0.1, -0.05) is 18.2 Å². The maximum atomic E-state index is 12.3. The Kier molecular flexibility index (Phi) is 6.37. The van der Waals surface area contributed by atoms with Gasteiger partial charge in [0, 0.05) is 19.7 Å². The zero-order valence-corrected chi connectivity index (χ0v) is 14.9. The second-order valence-corrected chi connectivity index (χ2v) is 5.57. The summed E-state index contributed by atoms with van der Waals surface area (Å²) in [6.45, 7) is 0.432. The summed E-state index contributed by atoms with van der Waals surface area (Å²) in [5, 5.41) is 13.6. The molecule has 0 atom stereocenters. The van der Waals surface area contributed by atoms with Gasteiger partial charge in [-0.15, -0.1) is 0 Å². The summed E-state index contributed by atoms with van der Waals surface area (Å²) in [5.41, 5.74) is 1.00. The first-order chi connectivity index (χ1) is 12.5. The van der Waals surface area contributed by atoms with Crippen LogP contribution in [0, 0.1) is 10.1 Å². The van der Waals surface area contributed by atoms with E-state index in [1.807, 2.05) is 18.2 Å². The Hall–Kier alpha value is -3.29. The third-order valence-corrected chi connectivity index (χ3v) is 3.87. The van der Waals surface area contributed by atoms with Crippen molar-refractivity contribution in [3.05, 3.63) is 58.1 Å². The van der Waals surface area contributed by atoms with Crippen LogP contribution < -0.4 is 14.8 Å². The molecular formula is C18H21N3O5. The van der Waals surface area contributed by atoms with Crippen LogP contribution in [0.4, 0.5) is 16.2 Å². The highest BCUT2D eigenvalue weighted by Crippen LogP contribution is 2.28. The minimum Gasteiger partial charge on any atom is -0.493 e. The molecule has 2 aromatic carbocycles. The highest BCUT2D eigenvalue weighted by atomic mass is 16.6. The van der Waals surface area contributed by atoms with Gasteiger partial charge in [-0.25, -0.2) is 4.79 Å². The largest absolute Gasteiger partial charge is 0.493 e. The molecule has 0 unspecified atom stereocenters. The van der Waals surface area contributed by atoms with Crippen LogP contribution in [0.25, 0.3) is 0 Å². The first-order valence-corrected chi connectivity index (χ1v) is 7.92. The molecular weight excluding hydrogens is 338 g/mol. The van der Waals surface area contributed by atoms with Crippen LogP contribution in [-0.4, -0.2) is 43.7 Å². The predicted octanol–water partition coefficient (Wildman–Crippen LogP) is 3.32. The van der Waals surface area contributed by atoms with Gasteiger partial charge in [0.25, 0.3) is 5.69 Å². The molecule has 1 N–H and O–H groups in total. The Morgan fingerprint density at radius 1 is 1.15 bits per heavy atom. The molecule has 8 heteroatoms. The lowest BCUT2D eigenvalue weighted by Crippen LogP contribution is -2.33. The third kappa shape index (κ3) is 4.62. The monoisotopic (exact) mass is 359 g/mol. The Labute approximate surface area is 151 Å². The van der Waals surface area contributed by atoms with Crippen molar-refractivity contribution in [3.63, 3.8) is 0 Å². The SMILES string of the molecule is COc1ccc(CCN(C)C(=O)Nc2ccccc2[N+](=O)[O-])cc1OC. The van der Waals surface area contributed by atoms with Crippen molar-refractivity contribution < 1.29 is 19.2 Å². The van der Waals surface area contributed by atoms with E-state index in [2.05, 4.69) is 5.32 Å². The number of nitrogens with one attached hydrogen (secondary N) is 1. The van der Waals surface area contributed by atoms with E-state index in [4.69, 9.17) is 9.47 Å². The first-order valence-electron chi connectivity index (χ1n) is 7.92. The molecule has 0 radical (unpaired) electrons. The number of carbonyl (C=O) groups excluding carboxylic acids is 1. The number of benzene rings is 2. The van der Waals surface area contributed by atoms with Crippen molar-refractivity contribution in [3.8, 4) is 11.5 Å². The van der Waals surface area contributed by atoms with E-state index in [9.17, 15) is 14.9 Å². The maximum Gasteiger partial charge on any atom is 0.321 e. The van der Waals surface area contributed by atoms with E-state index in [0.29, 0.717) is 24.5 Å². The number of ether oxygens (including phenoxy) is 2. The summed E-state index contributed by atoms with van der Waals surface area (Å²) in [6.07, 6.45) is 0.598. The highest BCUT2D eigenvalue weighted by Gasteiger charge is 2.17. The normalized spacial score (nSPS) is 10.1. The van der Waals surface area contributed by atoms with E-state index in [0.717, 1.165) is 5.56 Å². The molecule has 26 heavy (non-hydrogen) atoms. The van der Waals surface area contributed by atoms with Gasteiger partial charge in [-0.3, -0.25) is 10.1 Å². The molecule has 2 aromatic rings. The number of anilines is 1. The van der Waals surface area contributed by atoms with E-state index in [1.54, 1.807) is 33.4 Å². The molecule has 0 spiro atoms. The number of rotatable bonds is 7. The number of urea groups is 1. The number of hydrogen-bond donors (Lipinski definition) is 1. The van der Waals surface area contributed by atoms with Crippen LogP contribution in [-0.2, 0) is 6.42 Å². The van der Waals surface area contributed by atoms with Crippen molar-refractivity contribution in [2.45, 2.75) is 6.42 Å². The van der Waals surface area contributed by atoms with Crippen molar-refractivity contribution in [1.29, 1.82) is 0 Å². The van der Waals surface area contributed by atoms with Gasteiger partial charge in [0.05, 0.1) is 19.1 Å². The van der Waals surface area contributed by atoms with Gasteiger partial charge in [-0.2, -0.15) is 0 Å². The number of hydrogen-bond acceptors (Lipinski definition) is 5. The van der Waals surface area contributed by atoms with E-state index in [1.165, 1.54) is 17.0 Å². The standard InChI is InChI=1S/C18H21N3O5/c1-20(11-10-13-8-9-16(25-2)17(12-13)26-3)18(22)19-14-6-4-5-7-15(14)21(23)24/h4-9,12H,10-11H2,1-3H3,(H,19,22). The number of nitro groups is 1. The molecule has 0 saturated carbocycles. The first kappa shape index (κ1) is 19.0. The van der Waals surface area contributed by atoms with Gasteiger partial charge in [0.15, 0.2) is 11.5 Å². The molecule has 0 fully saturated rings. The fourth-order valence-electron chi connectivity index (χ4n) is 2.38. The summed E-state index contributed by atoms with van der Waals surface area (Å²) in [4.78, 5) is 24.2. The third-order valence-electron chi connectivity index (χ3n) is 3.87.